The van der Waals surface area contributed by atoms with Crippen molar-refractivity contribution in [1.82, 2.24) is 4.90 Å². The monoisotopic (exact) mass is 272 g/mol. The zero-order valence-corrected chi connectivity index (χ0v) is 11.5. The van der Waals surface area contributed by atoms with Gasteiger partial charge in [0.2, 0.25) is 0 Å². The highest BCUT2D eigenvalue weighted by Crippen LogP contribution is 2.23. The number of nitrogens with zero attached hydrogens (tertiary/aromatic N) is 4. The SMILES string of the molecule is CC(C)C[C@@H](CN1C(=O)c2ccccc2C1=O)N=[N+]=[N-]. The molecule has 1 aromatic rings. The van der Waals surface area contributed by atoms with E-state index in [4.69, 9.17) is 5.53 Å². The zero-order chi connectivity index (χ0) is 14.7. The molecule has 0 unspecified atom stereocenters. The molecule has 20 heavy (non-hydrogen) atoms. The second-order valence-corrected chi connectivity index (χ2v) is 5.25. The second kappa shape index (κ2) is 5.75. The fraction of sp³-hybridized carbons (Fsp3) is 0.429. The number of hydrogen-bond donors (Lipinski definition) is 0. The maximum Gasteiger partial charge on any atom is 0.261 e. The Balaban J connectivity index is 2.20. The molecule has 6 nitrogen and oxygen atoms in total. The van der Waals surface area contributed by atoms with Gasteiger partial charge >= 0.3 is 0 Å². The Bertz CT molecular complexity index is 556. The van der Waals surface area contributed by atoms with Gasteiger partial charge in [-0.15, -0.1) is 0 Å². The number of azide groups is 1. The van der Waals surface area contributed by atoms with E-state index in [9.17, 15) is 9.59 Å². The van der Waals surface area contributed by atoms with Crippen LogP contribution in [0.15, 0.2) is 29.4 Å². The summed E-state index contributed by atoms with van der Waals surface area (Å²) in [5, 5.41) is 3.69. The molecule has 0 radical (unpaired) electrons. The molecular weight excluding hydrogens is 256 g/mol. The number of imide groups is 1. The zero-order valence-electron chi connectivity index (χ0n) is 11.5. The van der Waals surface area contributed by atoms with Crippen LogP contribution in [0.3, 0.4) is 0 Å². The highest BCUT2D eigenvalue weighted by molar-refractivity contribution is 6.21. The van der Waals surface area contributed by atoms with Crippen molar-refractivity contribution in [3.05, 3.63) is 45.8 Å². The topological polar surface area (TPSA) is 86.1 Å². The molecule has 2 amide bonds. The van der Waals surface area contributed by atoms with E-state index < -0.39 is 0 Å². The molecule has 6 heteroatoms. The van der Waals surface area contributed by atoms with Gasteiger partial charge in [0.15, 0.2) is 0 Å². The van der Waals surface area contributed by atoms with Crippen molar-refractivity contribution < 1.29 is 9.59 Å². The van der Waals surface area contributed by atoms with E-state index in [1.807, 2.05) is 13.8 Å². The van der Waals surface area contributed by atoms with Gasteiger partial charge in [0.1, 0.15) is 0 Å². The summed E-state index contributed by atoms with van der Waals surface area (Å²) < 4.78 is 0. The molecule has 0 fully saturated rings. The Kier molecular flexibility index (Phi) is 4.05. The van der Waals surface area contributed by atoms with E-state index in [0.29, 0.717) is 23.5 Å². The summed E-state index contributed by atoms with van der Waals surface area (Å²) in [6.07, 6.45) is 0.636. The minimum Gasteiger partial charge on any atom is -0.274 e. The molecule has 1 aliphatic rings. The third-order valence-electron chi connectivity index (χ3n) is 3.23. The standard InChI is InChI=1S/C14H16N4O2/c1-9(2)7-10(16-17-15)8-18-13(19)11-5-3-4-6-12(11)14(18)20/h3-6,9-10H,7-8H2,1-2H3/t10-/m0/s1. The number of hydrogen-bond acceptors (Lipinski definition) is 3. The van der Waals surface area contributed by atoms with Gasteiger partial charge in [-0.2, -0.15) is 0 Å². The van der Waals surface area contributed by atoms with Gasteiger partial charge in [0.05, 0.1) is 17.2 Å². The Morgan fingerprint density at radius 1 is 1.20 bits per heavy atom. The van der Waals surface area contributed by atoms with Crippen molar-refractivity contribution in [3.63, 3.8) is 0 Å². The van der Waals surface area contributed by atoms with E-state index >= 15 is 0 Å². The Hall–Kier alpha value is -2.33. The molecule has 0 saturated carbocycles. The molecule has 104 valence electrons. The fourth-order valence-electron chi connectivity index (χ4n) is 2.39. The van der Waals surface area contributed by atoms with Crippen LogP contribution in [0.1, 0.15) is 41.0 Å². The predicted molar refractivity (Wildman–Crippen MR) is 74.2 cm³/mol. The average molecular weight is 272 g/mol. The highest BCUT2D eigenvalue weighted by atomic mass is 16.2. The van der Waals surface area contributed by atoms with Gasteiger partial charge in [0.25, 0.3) is 11.8 Å². The molecule has 0 spiro atoms. The Morgan fingerprint density at radius 3 is 2.20 bits per heavy atom. The molecule has 1 heterocycles. The Labute approximate surface area is 117 Å². The molecule has 0 bridgehead atoms. The number of carbonyl (C=O) groups is 2. The van der Waals surface area contributed by atoms with Gasteiger partial charge < -0.3 is 0 Å². The average Bonchev–Trinajstić information content (AvgIpc) is 2.64. The van der Waals surface area contributed by atoms with Gasteiger partial charge in [-0.1, -0.05) is 31.1 Å². The van der Waals surface area contributed by atoms with Gasteiger partial charge in [0, 0.05) is 11.5 Å². The van der Waals surface area contributed by atoms with E-state index in [-0.39, 0.29) is 24.4 Å². The van der Waals surface area contributed by atoms with E-state index in [1.165, 1.54) is 4.90 Å². The summed E-state index contributed by atoms with van der Waals surface area (Å²) in [6, 6.07) is 6.35. The van der Waals surface area contributed by atoms with Crippen LogP contribution in [-0.4, -0.2) is 29.3 Å². The van der Waals surface area contributed by atoms with Crippen LogP contribution in [0.25, 0.3) is 10.4 Å². The summed E-state index contributed by atoms with van der Waals surface area (Å²) in [4.78, 5) is 28.4. The van der Waals surface area contributed by atoms with Gasteiger partial charge in [-0.3, -0.25) is 14.5 Å². The number of fused-ring (bicyclic) bond motifs is 1. The molecule has 0 saturated heterocycles. The first-order valence-electron chi connectivity index (χ1n) is 6.54. The number of rotatable bonds is 5. The predicted octanol–water partition coefficient (Wildman–Crippen LogP) is 3.01. The second-order valence-electron chi connectivity index (χ2n) is 5.25. The molecule has 0 aromatic heterocycles. The molecule has 1 aromatic carbocycles. The lowest BCUT2D eigenvalue weighted by molar-refractivity contribution is 0.0641. The third kappa shape index (κ3) is 2.65. The first kappa shape index (κ1) is 14.1. The number of amides is 2. The summed E-state index contributed by atoms with van der Waals surface area (Å²) in [7, 11) is 0. The van der Waals surface area contributed by atoms with E-state index in [0.717, 1.165) is 0 Å². The first-order chi connectivity index (χ1) is 9.54. The number of benzene rings is 1. The van der Waals surface area contributed by atoms with Crippen LogP contribution in [0.4, 0.5) is 0 Å². The van der Waals surface area contributed by atoms with Crippen molar-refractivity contribution >= 4 is 11.8 Å². The molecule has 1 aliphatic heterocycles. The summed E-state index contributed by atoms with van der Waals surface area (Å²) >= 11 is 0. The molecule has 2 rings (SSSR count). The van der Waals surface area contributed by atoms with Crippen LogP contribution in [-0.2, 0) is 0 Å². The summed E-state index contributed by atoms with van der Waals surface area (Å²) in [6.45, 7) is 4.14. The molecule has 0 N–H and O–H groups in total. The van der Waals surface area contributed by atoms with Crippen molar-refractivity contribution in [1.29, 1.82) is 0 Å². The first-order valence-corrected chi connectivity index (χ1v) is 6.54. The Morgan fingerprint density at radius 2 is 1.75 bits per heavy atom. The quantitative estimate of drug-likeness (QED) is 0.357. The fourth-order valence-corrected chi connectivity index (χ4v) is 2.39. The largest absolute Gasteiger partial charge is 0.274 e. The summed E-state index contributed by atoms with van der Waals surface area (Å²) in [5.41, 5.74) is 9.44. The molecule has 0 aliphatic carbocycles. The normalized spacial score (nSPS) is 15.2. The minimum absolute atomic E-state index is 0.134. The lowest BCUT2D eigenvalue weighted by atomic mass is 10.0. The van der Waals surface area contributed by atoms with Crippen molar-refractivity contribution in [2.24, 2.45) is 11.0 Å². The third-order valence-corrected chi connectivity index (χ3v) is 3.23. The maximum atomic E-state index is 12.2. The number of carbonyl (C=O) groups excluding carboxylic acids is 2. The maximum absolute atomic E-state index is 12.2. The van der Waals surface area contributed by atoms with Crippen LogP contribution >= 0.6 is 0 Å². The van der Waals surface area contributed by atoms with Crippen molar-refractivity contribution in [2.75, 3.05) is 6.54 Å². The van der Waals surface area contributed by atoms with Crippen LogP contribution in [0.2, 0.25) is 0 Å². The van der Waals surface area contributed by atoms with E-state index in [2.05, 4.69) is 10.0 Å². The van der Waals surface area contributed by atoms with Crippen LogP contribution < -0.4 is 0 Å². The van der Waals surface area contributed by atoms with Crippen molar-refractivity contribution in [2.45, 2.75) is 26.3 Å². The van der Waals surface area contributed by atoms with Crippen LogP contribution in [0.5, 0.6) is 0 Å². The van der Waals surface area contributed by atoms with Gasteiger partial charge in [-0.05, 0) is 30.0 Å². The molecule has 1 atom stereocenters. The highest BCUT2D eigenvalue weighted by Gasteiger charge is 2.36. The lowest BCUT2D eigenvalue weighted by Gasteiger charge is -2.20. The van der Waals surface area contributed by atoms with Crippen LogP contribution in [0, 0.1) is 5.92 Å². The summed E-state index contributed by atoms with van der Waals surface area (Å²) in [5.74, 6) is -0.305. The molecular formula is C14H16N4O2. The van der Waals surface area contributed by atoms with Crippen molar-refractivity contribution in [3.8, 4) is 0 Å². The smallest absolute Gasteiger partial charge is 0.261 e. The lowest BCUT2D eigenvalue weighted by Crippen LogP contribution is -2.36. The van der Waals surface area contributed by atoms with E-state index in [1.54, 1.807) is 24.3 Å². The minimum atomic E-state index is -0.387. The van der Waals surface area contributed by atoms with Gasteiger partial charge in [-0.25, -0.2) is 0 Å².